The lowest BCUT2D eigenvalue weighted by Gasteiger charge is -2.26. The maximum Gasteiger partial charge on any atom is 0.410 e. The van der Waals surface area contributed by atoms with Crippen LogP contribution in [-0.4, -0.2) is 51.5 Å². The number of carbonyl (C=O) groups is 3. The largest absolute Gasteiger partial charge is 0.465 e. The smallest absolute Gasteiger partial charge is 0.410 e. The Morgan fingerprint density at radius 2 is 1.74 bits per heavy atom. The van der Waals surface area contributed by atoms with Crippen molar-refractivity contribution in [1.82, 2.24) is 4.90 Å². The van der Waals surface area contributed by atoms with E-state index in [2.05, 4.69) is 10.0 Å². The third-order valence-electron chi connectivity index (χ3n) is 5.93. The number of methoxy groups -OCH3 is 1. The third-order valence-corrected chi connectivity index (χ3v) is 8.46. The van der Waals surface area contributed by atoms with Gasteiger partial charge in [-0.2, -0.15) is 0 Å². The van der Waals surface area contributed by atoms with Gasteiger partial charge in [-0.3, -0.25) is 9.52 Å². The second-order valence-electron chi connectivity index (χ2n) is 8.52. The third kappa shape index (κ3) is 5.81. The number of hydrogen-bond donors (Lipinski definition) is 2. The Morgan fingerprint density at radius 3 is 2.37 bits per heavy atom. The van der Waals surface area contributed by atoms with Gasteiger partial charge in [-0.05, 0) is 62.2 Å². The molecule has 0 saturated heterocycles. The molecule has 0 atom stereocenters. The topological polar surface area (TPSA) is 131 Å². The van der Waals surface area contributed by atoms with E-state index in [0.29, 0.717) is 23.7 Å². The number of carbonyl (C=O) groups excluding carboxylic acids is 3. The Morgan fingerprint density at radius 1 is 1.05 bits per heavy atom. The maximum atomic E-state index is 13.0. The van der Waals surface area contributed by atoms with Crippen LogP contribution in [0.2, 0.25) is 0 Å². The number of amides is 2. The van der Waals surface area contributed by atoms with Crippen LogP contribution in [0.4, 0.5) is 15.5 Å². The van der Waals surface area contributed by atoms with Gasteiger partial charge in [-0.25, -0.2) is 18.0 Å². The molecule has 0 bridgehead atoms. The number of hydrogen-bond acceptors (Lipinski definition) is 8. The summed E-state index contributed by atoms with van der Waals surface area (Å²) in [4.78, 5) is 40.2. The molecular weight excluding hydrogens is 530 g/mol. The molecule has 1 aliphatic rings. The lowest BCUT2D eigenvalue weighted by molar-refractivity contribution is 0.0600. The molecule has 2 aromatic carbocycles. The lowest BCUT2D eigenvalue weighted by atomic mass is 10.0. The molecule has 4 rings (SSSR count). The minimum absolute atomic E-state index is 0.128. The highest BCUT2D eigenvalue weighted by atomic mass is 32.2. The van der Waals surface area contributed by atoms with Crippen LogP contribution in [0.25, 0.3) is 0 Å². The fourth-order valence-corrected chi connectivity index (χ4v) is 6.28. The summed E-state index contributed by atoms with van der Waals surface area (Å²) >= 11 is 1.20. The first kappa shape index (κ1) is 27.1. The highest BCUT2D eigenvalue weighted by molar-refractivity contribution is 7.92. The van der Waals surface area contributed by atoms with E-state index in [4.69, 9.17) is 9.47 Å². The zero-order valence-electron chi connectivity index (χ0n) is 21.1. The first-order chi connectivity index (χ1) is 18.1. The van der Waals surface area contributed by atoms with Crippen molar-refractivity contribution < 1.29 is 32.3 Å². The quantitative estimate of drug-likeness (QED) is 0.412. The van der Waals surface area contributed by atoms with E-state index in [1.165, 1.54) is 54.8 Å². The standard InChI is InChI=1S/C26H27N3O7S2/c1-4-36-26(32)29-14-13-20-21(15-29)37-24(22(20)25(31)35-3)27-23(30)17-7-9-18(10-8-17)28-38(33,34)19-11-5-16(2)6-12-19/h5-12,28H,4,13-15H2,1-3H3,(H,27,30). The van der Waals surface area contributed by atoms with E-state index < -0.39 is 28.0 Å². The first-order valence-corrected chi connectivity index (χ1v) is 14.1. The predicted octanol–water partition coefficient (Wildman–Crippen LogP) is 4.41. The van der Waals surface area contributed by atoms with Crippen LogP contribution in [0.15, 0.2) is 53.4 Å². The molecule has 2 N–H and O–H groups in total. The van der Waals surface area contributed by atoms with E-state index in [0.717, 1.165) is 16.0 Å². The summed E-state index contributed by atoms with van der Waals surface area (Å²) in [6.45, 7) is 4.49. The molecule has 0 radical (unpaired) electrons. The zero-order chi connectivity index (χ0) is 27.4. The molecule has 2 amide bonds. The molecule has 0 unspecified atom stereocenters. The Hall–Kier alpha value is -3.90. The molecule has 0 fully saturated rings. The molecule has 12 heteroatoms. The SMILES string of the molecule is CCOC(=O)N1CCc2c(sc(NC(=O)c3ccc(NS(=O)(=O)c4ccc(C)cc4)cc3)c2C(=O)OC)C1. The van der Waals surface area contributed by atoms with E-state index in [9.17, 15) is 22.8 Å². The van der Waals surface area contributed by atoms with E-state index in [-0.39, 0.29) is 29.2 Å². The minimum atomic E-state index is -3.78. The van der Waals surface area contributed by atoms with Crippen LogP contribution in [-0.2, 0) is 32.5 Å². The van der Waals surface area contributed by atoms with Gasteiger partial charge >= 0.3 is 12.1 Å². The van der Waals surface area contributed by atoms with Crippen LogP contribution < -0.4 is 10.0 Å². The molecule has 38 heavy (non-hydrogen) atoms. The molecular formula is C26H27N3O7S2. The molecule has 0 aliphatic carbocycles. The van der Waals surface area contributed by atoms with Gasteiger partial charge in [0.25, 0.3) is 15.9 Å². The average Bonchev–Trinajstić information content (AvgIpc) is 3.25. The number of nitrogens with zero attached hydrogens (tertiary/aromatic N) is 1. The van der Waals surface area contributed by atoms with Gasteiger partial charge in [-0.1, -0.05) is 17.7 Å². The number of sulfonamides is 1. The van der Waals surface area contributed by atoms with Crippen molar-refractivity contribution in [3.8, 4) is 0 Å². The number of esters is 1. The maximum absolute atomic E-state index is 13.0. The Balaban J connectivity index is 1.51. The van der Waals surface area contributed by atoms with Gasteiger partial charge in [-0.15, -0.1) is 11.3 Å². The first-order valence-electron chi connectivity index (χ1n) is 11.8. The molecule has 10 nitrogen and oxygen atoms in total. The van der Waals surface area contributed by atoms with Crippen LogP contribution >= 0.6 is 11.3 Å². The van der Waals surface area contributed by atoms with Gasteiger partial charge in [0, 0.05) is 22.7 Å². The number of rotatable bonds is 7. The molecule has 0 spiro atoms. The Kier molecular flexibility index (Phi) is 8.02. The van der Waals surface area contributed by atoms with Gasteiger partial charge in [0.15, 0.2) is 0 Å². The monoisotopic (exact) mass is 557 g/mol. The van der Waals surface area contributed by atoms with Gasteiger partial charge < -0.3 is 19.7 Å². The van der Waals surface area contributed by atoms with Crippen molar-refractivity contribution >= 4 is 50.0 Å². The van der Waals surface area contributed by atoms with Crippen LogP contribution in [0.3, 0.4) is 0 Å². The molecule has 1 aromatic heterocycles. The summed E-state index contributed by atoms with van der Waals surface area (Å²) in [5, 5.41) is 3.09. The van der Waals surface area contributed by atoms with Crippen LogP contribution in [0.5, 0.6) is 0 Å². The normalized spacial score (nSPS) is 12.9. The fraction of sp³-hybridized carbons (Fsp3) is 0.269. The molecule has 2 heterocycles. The second-order valence-corrected chi connectivity index (χ2v) is 11.3. The molecule has 200 valence electrons. The summed E-state index contributed by atoms with van der Waals surface area (Å²) in [6.07, 6.45) is -0.0179. The highest BCUT2D eigenvalue weighted by Crippen LogP contribution is 2.38. The van der Waals surface area contributed by atoms with Gasteiger partial charge in [0.1, 0.15) is 5.00 Å². The number of fused-ring (bicyclic) bond motifs is 1. The van der Waals surface area contributed by atoms with Crippen molar-refractivity contribution in [3.63, 3.8) is 0 Å². The second kappa shape index (κ2) is 11.2. The number of nitrogens with one attached hydrogen (secondary N) is 2. The number of anilines is 2. The predicted molar refractivity (Wildman–Crippen MR) is 143 cm³/mol. The summed E-state index contributed by atoms with van der Waals surface area (Å²) < 4.78 is 37.8. The highest BCUT2D eigenvalue weighted by Gasteiger charge is 2.31. The van der Waals surface area contributed by atoms with Crippen molar-refractivity contribution in [2.75, 3.05) is 30.3 Å². The minimum Gasteiger partial charge on any atom is -0.465 e. The number of thiophene rings is 1. The van der Waals surface area contributed by atoms with Crippen LogP contribution in [0.1, 0.15) is 43.6 Å². The number of benzene rings is 2. The summed E-state index contributed by atoms with van der Waals surface area (Å²) in [6, 6.07) is 12.4. The van der Waals surface area contributed by atoms with Gasteiger partial charge in [0.05, 0.1) is 30.7 Å². The molecule has 1 aliphatic heterocycles. The Bertz CT molecular complexity index is 1460. The zero-order valence-corrected chi connectivity index (χ0v) is 22.7. The number of aryl methyl sites for hydroxylation is 1. The summed E-state index contributed by atoms with van der Waals surface area (Å²) in [5.41, 5.74) is 2.50. The van der Waals surface area contributed by atoms with E-state index >= 15 is 0 Å². The van der Waals surface area contributed by atoms with Gasteiger partial charge in [0.2, 0.25) is 0 Å². The average molecular weight is 558 g/mol. The van der Waals surface area contributed by atoms with Crippen molar-refractivity contribution in [3.05, 3.63) is 75.7 Å². The fourth-order valence-electron chi connectivity index (χ4n) is 3.98. The lowest BCUT2D eigenvalue weighted by Crippen LogP contribution is -2.36. The summed E-state index contributed by atoms with van der Waals surface area (Å²) in [5.74, 6) is -1.06. The van der Waals surface area contributed by atoms with E-state index in [1.807, 2.05) is 6.92 Å². The molecule has 3 aromatic rings. The molecule has 0 saturated carbocycles. The summed E-state index contributed by atoms with van der Waals surface area (Å²) in [7, 11) is -2.52. The Labute approximate surface area is 224 Å². The van der Waals surface area contributed by atoms with Crippen molar-refractivity contribution in [2.24, 2.45) is 0 Å². The number of ether oxygens (including phenoxy) is 2. The van der Waals surface area contributed by atoms with E-state index in [1.54, 1.807) is 24.0 Å². The van der Waals surface area contributed by atoms with Crippen molar-refractivity contribution in [2.45, 2.75) is 31.7 Å². The van der Waals surface area contributed by atoms with Crippen molar-refractivity contribution in [1.29, 1.82) is 0 Å². The van der Waals surface area contributed by atoms with Crippen LogP contribution in [0, 0.1) is 6.92 Å².